The van der Waals surface area contributed by atoms with E-state index in [0.717, 1.165) is 11.4 Å². The Labute approximate surface area is 508 Å². The molecule has 468 valence electrons. The van der Waals surface area contributed by atoms with Crippen LogP contribution in [0.3, 0.4) is 0 Å². The van der Waals surface area contributed by atoms with Crippen molar-refractivity contribution in [3.63, 3.8) is 0 Å². The van der Waals surface area contributed by atoms with Crippen LogP contribution >= 0.6 is 15.0 Å². The van der Waals surface area contributed by atoms with E-state index in [1.165, 1.54) is 0 Å². The zero-order valence-corrected chi connectivity index (χ0v) is 50.4. The maximum absolute atomic E-state index is 13.7. The molecule has 29 nitrogen and oxygen atoms in total. The number of carbonyl (C=O) groups excluding carboxylic acids is 3. The smallest absolute Gasteiger partial charge is 0.335 e. The fourth-order valence-corrected chi connectivity index (χ4v) is 11.5. The molecule has 4 atom stereocenters. The van der Waals surface area contributed by atoms with Crippen LogP contribution in [0, 0.1) is 0 Å². The highest BCUT2D eigenvalue weighted by Crippen LogP contribution is 2.44. The van der Waals surface area contributed by atoms with E-state index >= 15 is 0 Å². The molecule has 0 bridgehead atoms. The summed E-state index contributed by atoms with van der Waals surface area (Å²) in [6.45, 7) is 8.07. The van der Waals surface area contributed by atoms with Crippen LogP contribution in [0.25, 0.3) is 22.3 Å². The average Bonchev–Trinajstić information content (AvgIpc) is 3.25. The molecular weight excluding hydrogens is 1170 g/mol. The molecule has 0 fully saturated rings. The summed E-state index contributed by atoms with van der Waals surface area (Å²) in [5.74, 6) is -1.08. The number of nitrogen functional groups attached to an aromatic ring is 4. The predicted molar refractivity (Wildman–Crippen MR) is 338 cm³/mol. The van der Waals surface area contributed by atoms with Gasteiger partial charge >= 0.3 is 32.9 Å². The number of aromatic carboxylic acids is 1. The van der Waals surface area contributed by atoms with Gasteiger partial charge in [-0.2, -0.15) is 19.9 Å². The van der Waals surface area contributed by atoms with Crippen LogP contribution in [-0.2, 0) is 41.3 Å². The third kappa shape index (κ3) is 20.5. The second-order valence-electron chi connectivity index (χ2n) is 19.0. The zero-order valence-electron chi connectivity index (χ0n) is 48.6. The van der Waals surface area contributed by atoms with E-state index < -0.39 is 45.0 Å². The maximum atomic E-state index is 13.7. The lowest BCUT2D eigenvalue weighted by Crippen LogP contribution is -2.37. The SMILES string of the molecule is C.CCOC(=O)[C@H](C)NP(=O)(CCN)Oc1ccccc1.CCOC(=O)[C@H](C)NP(=O)(CCNC(=O)c1ccc(N(C)Cc2cnc3nc(N)nc(N)c3n2)cc1)Oc1ccccc1.CN(Cc1cnc2nc(N)nc(N)c2n1)c1ccc(C(=O)O)cc1. The van der Waals surface area contributed by atoms with Gasteiger partial charge in [0.15, 0.2) is 34.0 Å². The third-order valence-corrected chi connectivity index (χ3v) is 16.3. The summed E-state index contributed by atoms with van der Waals surface area (Å²) in [7, 11) is -3.12. The minimum absolute atomic E-state index is 0. The molecule has 31 heteroatoms. The van der Waals surface area contributed by atoms with Gasteiger partial charge in [0.05, 0.1) is 68.0 Å². The lowest BCUT2D eigenvalue weighted by atomic mass is 10.2. The molecule has 2 unspecified atom stereocenters. The highest BCUT2D eigenvalue weighted by atomic mass is 31.2. The molecular formula is C57H74N18O11P2. The number of carboxylic acid groups (broad SMARTS) is 1. The monoisotopic (exact) mass is 1250 g/mol. The summed E-state index contributed by atoms with van der Waals surface area (Å²) < 4.78 is 47.5. The number of amides is 1. The number of benzene rings is 4. The number of ether oxygens (including phenoxy) is 2. The Kier molecular flexibility index (Phi) is 25.7. The van der Waals surface area contributed by atoms with Crippen molar-refractivity contribution in [3.8, 4) is 11.5 Å². The van der Waals surface area contributed by atoms with Gasteiger partial charge < -0.3 is 67.4 Å². The van der Waals surface area contributed by atoms with Crippen LogP contribution in [0.2, 0.25) is 0 Å². The third-order valence-electron chi connectivity index (χ3n) is 12.1. The van der Waals surface area contributed by atoms with Crippen LogP contribution in [0.5, 0.6) is 11.5 Å². The molecule has 4 heterocycles. The number of nitrogens with two attached hydrogens (primary N) is 5. The molecule has 0 radical (unpaired) electrons. The number of hydrogen-bond donors (Lipinski definition) is 9. The van der Waals surface area contributed by atoms with E-state index in [1.807, 2.05) is 30.0 Å². The largest absolute Gasteiger partial charge is 0.478 e. The first-order chi connectivity index (χ1) is 41.5. The molecule has 0 spiro atoms. The van der Waals surface area contributed by atoms with Crippen molar-refractivity contribution in [2.75, 3.05) is 85.5 Å². The van der Waals surface area contributed by atoms with Crippen LogP contribution in [-0.4, -0.2) is 134 Å². The molecule has 0 saturated heterocycles. The van der Waals surface area contributed by atoms with Gasteiger partial charge in [-0.3, -0.25) is 23.5 Å². The molecule has 0 saturated carbocycles. The van der Waals surface area contributed by atoms with Gasteiger partial charge in [0, 0.05) is 44.1 Å². The minimum Gasteiger partial charge on any atom is -0.478 e. The van der Waals surface area contributed by atoms with Gasteiger partial charge in [-0.15, -0.1) is 0 Å². The van der Waals surface area contributed by atoms with Gasteiger partial charge in [-0.25, -0.2) is 34.9 Å². The van der Waals surface area contributed by atoms with Crippen molar-refractivity contribution in [3.05, 3.63) is 144 Å². The highest BCUT2D eigenvalue weighted by molar-refractivity contribution is 7.57. The first kappa shape index (κ1) is 69.1. The molecule has 8 rings (SSSR count). The molecule has 14 N–H and O–H groups in total. The first-order valence-electron chi connectivity index (χ1n) is 27.0. The van der Waals surface area contributed by atoms with Crippen LogP contribution in [0.1, 0.15) is 67.2 Å². The summed E-state index contributed by atoms with van der Waals surface area (Å²) >= 11 is 0. The minimum atomic E-state index is -3.60. The van der Waals surface area contributed by atoms with E-state index in [2.05, 4.69) is 55.4 Å². The van der Waals surface area contributed by atoms with Crippen LogP contribution in [0.15, 0.2) is 122 Å². The zero-order chi connectivity index (χ0) is 63.3. The second-order valence-corrected chi connectivity index (χ2v) is 23.4. The summed E-state index contributed by atoms with van der Waals surface area (Å²) in [6.07, 6.45) is 3.25. The van der Waals surface area contributed by atoms with Gasteiger partial charge in [0.1, 0.15) is 23.6 Å². The molecule has 0 aliphatic heterocycles. The Bertz CT molecular complexity index is 3720. The van der Waals surface area contributed by atoms with Gasteiger partial charge in [0.25, 0.3) is 5.91 Å². The topological polar surface area (TPSA) is 435 Å². The van der Waals surface area contributed by atoms with Crippen molar-refractivity contribution in [1.82, 2.24) is 55.4 Å². The number of rotatable bonds is 25. The Morgan fingerprint density at radius 2 is 0.977 bits per heavy atom. The van der Waals surface area contributed by atoms with Crippen molar-refractivity contribution >= 4 is 96.1 Å². The van der Waals surface area contributed by atoms with Gasteiger partial charge in [-0.05, 0) is 100 Å². The maximum Gasteiger partial charge on any atom is 0.335 e. The molecule has 0 aliphatic carbocycles. The number of aromatic nitrogens is 8. The van der Waals surface area contributed by atoms with E-state index in [4.69, 9.17) is 52.3 Å². The van der Waals surface area contributed by atoms with E-state index in [0.29, 0.717) is 63.9 Å². The summed E-state index contributed by atoms with van der Waals surface area (Å²) in [6, 6.07) is 29.3. The van der Waals surface area contributed by atoms with Gasteiger partial charge in [0.2, 0.25) is 11.9 Å². The summed E-state index contributed by atoms with van der Waals surface area (Å²) in [5, 5.41) is 17.2. The number of esters is 2. The Morgan fingerprint density at radius 3 is 1.36 bits per heavy atom. The number of anilines is 6. The van der Waals surface area contributed by atoms with E-state index in [9.17, 15) is 28.3 Å². The Hall–Kier alpha value is -9.66. The van der Waals surface area contributed by atoms with Crippen molar-refractivity contribution in [2.45, 2.75) is 60.3 Å². The fraction of sp³-hybridized carbons (Fsp3) is 0.298. The van der Waals surface area contributed by atoms with Crippen molar-refractivity contribution < 1.29 is 51.9 Å². The number of hydrogen-bond acceptors (Lipinski definition) is 25. The second kappa shape index (κ2) is 32.7. The molecule has 0 aliphatic rings. The highest BCUT2D eigenvalue weighted by Gasteiger charge is 2.31. The lowest BCUT2D eigenvalue weighted by Gasteiger charge is -2.23. The Balaban J connectivity index is 0.000000264. The molecule has 1 amide bonds. The number of nitrogens with zero attached hydrogens (tertiary/aromatic N) is 10. The van der Waals surface area contributed by atoms with Gasteiger partial charge in [-0.1, -0.05) is 43.8 Å². The summed E-state index contributed by atoms with van der Waals surface area (Å²) in [4.78, 5) is 84.6. The lowest BCUT2D eigenvalue weighted by molar-refractivity contribution is -0.145. The molecule has 4 aromatic heterocycles. The molecule has 88 heavy (non-hydrogen) atoms. The standard InChI is InChI=1S/C28H34N9O5P.C15H15N7O2.C13H21N2O4P.CH4/c1-4-41-27(39)18(2)36-43(40,42-22-8-6-5-7-9-22)15-14-31-26(38)19-10-12-21(13-11-19)37(3)17-20-16-32-25-23(33-20)24(29)34-28(30)35-25;1-22(10-4-2-8(3-5-10)14(23)24)7-9-6-18-13-11(19-9)12(16)20-15(17)21-13;1-3-18-13(16)11(2)15-20(17,10-9-14)19-12-7-5-4-6-8-12;/h5-13,16,18H,4,14-15,17H2,1-3H3,(H,31,38)(H,36,40)(H4,29,30,32,34,35);2-6H,7H2,1H3,(H,23,24)(H4,16,17,18,20,21);4-8,11H,3,9-10,14H2,1-2H3,(H,15,17);1H4/t18-,43?;;11-,20?;/m0.0./s1. The van der Waals surface area contributed by atoms with Crippen molar-refractivity contribution in [2.24, 2.45) is 5.73 Å². The summed E-state index contributed by atoms with van der Waals surface area (Å²) in [5.41, 5.74) is 33.4. The van der Waals surface area contributed by atoms with Crippen molar-refractivity contribution in [1.29, 1.82) is 0 Å². The molecule has 8 aromatic rings. The number of carboxylic acids is 1. The number of para-hydroxylation sites is 2. The number of fused-ring (bicyclic) bond motifs is 2. The van der Waals surface area contributed by atoms with E-state index in [1.54, 1.807) is 143 Å². The number of nitrogens with one attached hydrogen (secondary N) is 3. The van der Waals surface area contributed by atoms with E-state index in [-0.39, 0.29) is 81.1 Å². The quantitative estimate of drug-likeness (QED) is 0.0231. The predicted octanol–water partition coefficient (Wildman–Crippen LogP) is 6.08. The molecule has 4 aromatic carbocycles. The normalized spacial score (nSPS) is 12.8. The fourth-order valence-electron chi connectivity index (χ4n) is 7.91. The average molecular weight is 1250 g/mol. The Morgan fingerprint density at radius 1 is 0.580 bits per heavy atom. The first-order valence-corrected chi connectivity index (χ1v) is 30.6. The van der Waals surface area contributed by atoms with Crippen LogP contribution in [0.4, 0.5) is 34.9 Å². The van der Waals surface area contributed by atoms with Crippen LogP contribution < -0.4 is 63.0 Å². The number of carbonyl (C=O) groups is 4.